The second kappa shape index (κ2) is 8.58. The number of anilines is 1. The predicted molar refractivity (Wildman–Crippen MR) is 107 cm³/mol. The fraction of sp³-hybridized carbons (Fsp3) is 0.263. The summed E-state index contributed by atoms with van der Waals surface area (Å²) in [6, 6.07) is 10.7. The van der Waals surface area contributed by atoms with Crippen LogP contribution in [0.1, 0.15) is 23.2 Å². The lowest BCUT2D eigenvalue weighted by molar-refractivity contribution is -0.384. The molecule has 2 aromatic rings. The van der Waals surface area contributed by atoms with E-state index in [0.29, 0.717) is 36.5 Å². The number of carbonyl (C=O) groups excluding carboxylic acids is 2. The number of nitro benzene ring substituents is 1. The molecule has 1 N–H and O–H groups in total. The van der Waals surface area contributed by atoms with Gasteiger partial charge in [0.15, 0.2) is 0 Å². The Morgan fingerprint density at radius 1 is 1.07 bits per heavy atom. The highest BCUT2D eigenvalue weighted by molar-refractivity contribution is 6.34. The van der Waals surface area contributed by atoms with E-state index < -0.39 is 4.92 Å². The van der Waals surface area contributed by atoms with E-state index in [9.17, 15) is 19.7 Å². The average Bonchev–Trinajstić information content (AvgIpc) is 2.69. The number of nitro groups is 1. The van der Waals surface area contributed by atoms with Crippen LogP contribution in [0, 0.1) is 16.0 Å². The zero-order valence-electron chi connectivity index (χ0n) is 14.7. The number of likely N-dealkylation sites (tertiary alicyclic amines) is 1. The maximum atomic E-state index is 12.6. The first-order valence-electron chi connectivity index (χ1n) is 8.65. The standard InChI is InChI=1S/C19H17Cl2N3O4/c20-15-4-2-1-3-14(15)19(26)23-9-7-12(8-10-23)18(25)22-17-11-13(24(27)28)5-6-16(17)21/h1-6,11-12H,7-10H2,(H,22,25). The Hall–Kier alpha value is -2.64. The molecule has 28 heavy (non-hydrogen) atoms. The van der Waals surface area contributed by atoms with Crippen LogP contribution in [-0.4, -0.2) is 34.7 Å². The van der Waals surface area contributed by atoms with E-state index >= 15 is 0 Å². The van der Waals surface area contributed by atoms with Crippen LogP contribution < -0.4 is 5.32 Å². The summed E-state index contributed by atoms with van der Waals surface area (Å²) in [6.45, 7) is 0.843. The Morgan fingerprint density at radius 3 is 2.39 bits per heavy atom. The van der Waals surface area contributed by atoms with Crippen LogP contribution >= 0.6 is 23.2 Å². The van der Waals surface area contributed by atoms with Crippen LogP contribution in [-0.2, 0) is 4.79 Å². The van der Waals surface area contributed by atoms with E-state index in [-0.39, 0.29) is 34.1 Å². The molecule has 7 nitrogen and oxygen atoms in total. The molecule has 1 heterocycles. The quantitative estimate of drug-likeness (QED) is 0.584. The van der Waals surface area contributed by atoms with Gasteiger partial charge in [0, 0.05) is 31.1 Å². The fourth-order valence-corrected chi connectivity index (χ4v) is 3.49. The monoisotopic (exact) mass is 421 g/mol. The normalized spacial score (nSPS) is 14.6. The third kappa shape index (κ3) is 4.43. The molecule has 1 aliphatic rings. The molecule has 0 saturated carbocycles. The summed E-state index contributed by atoms with van der Waals surface area (Å²) in [7, 11) is 0. The van der Waals surface area contributed by atoms with E-state index in [2.05, 4.69) is 5.32 Å². The third-order valence-electron chi connectivity index (χ3n) is 4.68. The lowest BCUT2D eigenvalue weighted by Crippen LogP contribution is -2.41. The minimum atomic E-state index is -0.551. The van der Waals surface area contributed by atoms with Crippen LogP contribution in [0.2, 0.25) is 10.0 Å². The molecule has 1 saturated heterocycles. The molecule has 0 aromatic heterocycles. The van der Waals surface area contributed by atoms with Gasteiger partial charge >= 0.3 is 0 Å². The second-order valence-electron chi connectivity index (χ2n) is 6.46. The molecule has 0 atom stereocenters. The Kier molecular flexibility index (Phi) is 6.16. The van der Waals surface area contributed by atoms with Crippen LogP contribution in [0.15, 0.2) is 42.5 Å². The SMILES string of the molecule is O=C(Nc1cc([N+](=O)[O-])ccc1Cl)C1CCN(C(=O)c2ccccc2Cl)CC1. The van der Waals surface area contributed by atoms with Gasteiger partial charge in [-0.1, -0.05) is 35.3 Å². The minimum Gasteiger partial charge on any atom is -0.339 e. The van der Waals surface area contributed by atoms with Gasteiger partial charge in [0.1, 0.15) is 0 Å². The Bertz CT molecular complexity index is 927. The fourth-order valence-electron chi connectivity index (χ4n) is 3.11. The molecule has 0 bridgehead atoms. The Morgan fingerprint density at radius 2 is 1.75 bits per heavy atom. The van der Waals surface area contributed by atoms with Crippen LogP contribution in [0.4, 0.5) is 11.4 Å². The first-order chi connectivity index (χ1) is 13.4. The summed E-state index contributed by atoms with van der Waals surface area (Å²) in [5.41, 5.74) is 0.491. The van der Waals surface area contributed by atoms with E-state index in [1.54, 1.807) is 29.2 Å². The van der Waals surface area contributed by atoms with Gasteiger partial charge in [-0.2, -0.15) is 0 Å². The summed E-state index contributed by atoms with van der Waals surface area (Å²) < 4.78 is 0. The number of rotatable bonds is 4. The molecular formula is C19H17Cl2N3O4. The number of hydrogen-bond acceptors (Lipinski definition) is 4. The van der Waals surface area contributed by atoms with Crippen molar-refractivity contribution in [3.8, 4) is 0 Å². The molecule has 3 rings (SSSR count). The number of benzene rings is 2. The summed E-state index contributed by atoms with van der Waals surface area (Å²) in [4.78, 5) is 37.1. The molecule has 2 amide bonds. The lowest BCUT2D eigenvalue weighted by Gasteiger charge is -2.31. The van der Waals surface area contributed by atoms with E-state index in [1.807, 2.05) is 0 Å². The highest BCUT2D eigenvalue weighted by Gasteiger charge is 2.29. The summed E-state index contributed by atoms with van der Waals surface area (Å²) in [5.74, 6) is -0.746. The van der Waals surface area contributed by atoms with Crippen LogP contribution in [0.3, 0.4) is 0 Å². The predicted octanol–water partition coefficient (Wildman–Crippen LogP) is 4.39. The third-order valence-corrected chi connectivity index (χ3v) is 5.34. The number of carbonyl (C=O) groups is 2. The first-order valence-corrected chi connectivity index (χ1v) is 9.41. The molecule has 1 aliphatic heterocycles. The number of non-ortho nitro benzene ring substituents is 1. The van der Waals surface area contributed by atoms with E-state index in [0.717, 1.165) is 0 Å². The molecule has 2 aromatic carbocycles. The van der Waals surface area contributed by atoms with Crippen molar-refractivity contribution in [2.75, 3.05) is 18.4 Å². The van der Waals surface area contributed by atoms with Gasteiger partial charge < -0.3 is 10.2 Å². The molecular weight excluding hydrogens is 405 g/mol. The number of halogens is 2. The largest absolute Gasteiger partial charge is 0.339 e. The smallest absolute Gasteiger partial charge is 0.271 e. The van der Waals surface area contributed by atoms with Gasteiger partial charge in [0.25, 0.3) is 11.6 Å². The van der Waals surface area contributed by atoms with Crippen LogP contribution in [0.5, 0.6) is 0 Å². The second-order valence-corrected chi connectivity index (χ2v) is 7.27. The zero-order valence-corrected chi connectivity index (χ0v) is 16.2. The van der Waals surface area contributed by atoms with Crippen molar-refractivity contribution in [3.05, 3.63) is 68.2 Å². The highest BCUT2D eigenvalue weighted by Crippen LogP contribution is 2.29. The Labute approximate surface area is 171 Å². The lowest BCUT2D eigenvalue weighted by atomic mass is 9.95. The average molecular weight is 422 g/mol. The maximum Gasteiger partial charge on any atom is 0.271 e. The van der Waals surface area contributed by atoms with Gasteiger partial charge in [0.05, 0.1) is 26.2 Å². The topological polar surface area (TPSA) is 92.5 Å². The molecule has 0 unspecified atom stereocenters. The maximum absolute atomic E-state index is 12.6. The van der Waals surface area contributed by atoms with Gasteiger partial charge in [0.2, 0.25) is 5.91 Å². The molecule has 146 valence electrons. The van der Waals surface area contributed by atoms with Crippen molar-refractivity contribution in [2.45, 2.75) is 12.8 Å². The van der Waals surface area contributed by atoms with Crippen molar-refractivity contribution >= 4 is 46.4 Å². The van der Waals surface area contributed by atoms with Gasteiger partial charge in [-0.05, 0) is 31.0 Å². The minimum absolute atomic E-state index is 0.153. The van der Waals surface area contributed by atoms with Gasteiger partial charge in [-0.3, -0.25) is 19.7 Å². The van der Waals surface area contributed by atoms with Crippen molar-refractivity contribution in [2.24, 2.45) is 5.92 Å². The molecule has 0 aliphatic carbocycles. The molecule has 1 fully saturated rings. The van der Waals surface area contributed by atoms with Crippen molar-refractivity contribution in [1.29, 1.82) is 0 Å². The molecule has 9 heteroatoms. The van der Waals surface area contributed by atoms with Crippen molar-refractivity contribution < 1.29 is 14.5 Å². The summed E-state index contributed by atoms with van der Waals surface area (Å²) in [6.07, 6.45) is 0.961. The number of nitrogens with zero attached hydrogens (tertiary/aromatic N) is 2. The van der Waals surface area contributed by atoms with Crippen molar-refractivity contribution in [3.63, 3.8) is 0 Å². The number of piperidine rings is 1. The van der Waals surface area contributed by atoms with E-state index in [1.165, 1.54) is 18.2 Å². The van der Waals surface area contributed by atoms with Gasteiger partial charge in [-0.15, -0.1) is 0 Å². The number of nitrogens with one attached hydrogen (secondary N) is 1. The number of hydrogen-bond donors (Lipinski definition) is 1. The van der Waals surface area contributed by atoms with Crippen LogP contribution in [0.25, 0.3) is 0 Å². The highest BCUT2D eigenvalue weighted by atomic mass is 35.5. The van der Waals surface area contributed by atoms with E-state index in [4.69, 9.17) is 23.2 Å². The zero-order chi connectivity index (χ0) is 20.3. The summed E-state index contributed by atoms with van der Waals surface area (Å²) >= 11 is 12.1. The van der Waals surface area contributed by atoms with Crippen molar-refractivity contribution in [1.82, 2.24) is 4.90 Å². The first kappa shape index (κ1) is 20.1. The molecule has 0 radical (unpaired) electrons. The number of amides is 2. The summed E-state index contributed by atoms with van der Waals surface area (Å²) in [5, 5.41) is 14.2. The molecule has 0 spiro atoms. The van der Waals surface area contributed by atoms with Gasteiger partial charge in [-0.25, -0.2) is 0 Å². The Balaban J connectivity index is 1.61.